The van der Waals surface area contributed by atoms with Crippen molar-refractivity contribution in [3.05, 3.63) is 28.2 Å². The van der Waals surface area contributed by atoms with Gasteiger partial charge >= 0.3 is 5.97 Å². The van der Waals surface area contributed by atoms with Crippen molar-refractivity contribution in [1.82, 2.24) is 0 Å². The average Bonchev–Trinajstić information content (AvgIpc) is 2.28. The summed E-state index contributed by atoms with van der Waals surface area (Å²) in [5, 5.41) is 0.846. The van der Waals surface area contributed by atoms with Gasteiger partial charge in [0.25, 0.3) is 0 Å². The molecule has 0 amide bonds. The maximum Gasteiger partial charge on any atom is 0.306 e. The number of esters is 1. The van der Waals surface area contributed by atoms with Crippen LogP contribution in [-0.4, -0.2) is 23.0 Å². The molecule has 0 aliphatic heterocycles. The molecule has 3 nitrogen and oxygen atoms in total. The third-order valence-electron chi connectivity index (χ3n) is 1.86. The largest absolute Gasteiger partial charge is 0.469 e. The van der Waals surface area contributed by atoms with Gasteiger partial charge in [0.15, 0.2) is 0 Å². The fourth-order valence-electron chi connectivity index (χ4n) is 1.04. The van der Waals surface area contributed by atoms with Crippen molar-refractivity contribution in [3.8, 4) is 0 Å². The van der Waals surface area contributed by atoms with Crippen LogP contribution in [0.4, 0.5) is 0 Å². The summed E-state index contributed by atoms with van der Waals surface area (Å²) >= 11 is 11.6. The van der Waals surface area contributed by atoms with E-state index in [0.29, 0.717) is 14.9 Å². The summed E-state index contributed by atoms with van der Waals surface area (Å²) in [6.07, 6.45) is 0.0892. The minimum absolute atomic E-state index is 0.0892. The zero-order valence-electron chi connectivity index (χ0n) is 8.54. The van der Waals surface area contributed by atoms with Crippen LogP contribution in [0, 0.1) is 0 Å². The normalized spacial score (nSPS) is 12.2. The quantitative estimate of drug-likeness (QED) is 0.797. The van der Waals surface area contributed by atoms with Crippen molar-refractivity contribution in [1.29, 1.82) is 0 Å². The lowest BCUT2D eigenvalue weighted by Crippen LogP contribution is -2.07. The third-order valence-corrected chi connectivity index (χ3v) is 3.94. The van der Waals surface area contributed by atoms with Gasteiger partial charge in [-0.2, -0.15) is 0 Å². The van der Waals surface area contributed by atoms with Gasteiger partial charge in [-0.1, -0.05) is 23.2 Å². The molecule has 0 saturated heterocycles. The third kappa shape index (κ3) is 3.77. The Hall–Kier alpha value is -0.580. The zero-order chi connectivity index (χ0) is 12.1. The SMILES string of the molecule is COC(=O)CCS(=O)c1cc(Cl)ccc1Cl. The molecule has 1 rings (SSSR count). The molecule has 1 atom stereocenters. The van der Waals surface area contributed by atoms with Gasteiger partial charge in [-0.3, -0.25) is 9.00 Å². The number of carbonyl (C=O) groups excluding carboxylic acids is 1. The molecule has 0 bridgehead atoms. The molecular weight excluding hydrogens is 271 g/mol. The van der Waals surface area contributed by atoms with E-state index in [2.05, 4.69) is 4.74 Å². The first kappa shape index (κ1) is 13.5. The number of hydrogen-bond donors (Lipinski definition) is 0. The number of methoxy groups -OCH3 is 1. The Balaban J connectivity index is 2.73. The highest BCUT2D eigenvalue weighted by Gasteiger charge is 2.11. The van der Waals surface area contributed by atoms with Crippen LogP contribution in [0.15, 0.2) is 23.1 Å². The summed E-state index contributed by atoms with van der Waals surface area (Å²) in [7, 11) is -0.0554. The molecule has 88 valence electrons. The summed E-state index contributed by atoms with van der Waals surface area (Å²) in [6.45, 7) is 0. The lowest BCUT2D eigenvalue weighted by atomic mass is 10.4. The molecular formula is C10H10Cl2O3S. The molecule has 0 radical (unpaired) electrons. The number of rotatable bonds is 4. The van der Waals surface area contributed by atoms with E-state index in [4.69, 9.17) is 23.2 Å². The number of ether oxygens (including phenoxy) is 1. The number of hydrogen-bond acceptors (Lipinski definition) is 3. The summed E-state index contributed by atoms with van der Waals surface area (Å²) in [5.74, 6) is -0.223. The van der Waals surface area contributed by atoms with Crippen LogP contribution in [0.5, 0.6) is 0 Å². The fourth-order valence-corrected chi connectivity index (χ4v) is 2.77. The monoisotopic (exact) mass is 280 g/mol. The van der Waals surface area contributed by atoms with E-state index >= 15 is 0 Å². The second kappa shape index (κ2) is 6.23. The Kier molecular flexibility index (Phi) is 5.25. The minimum atomic E-state index is -1.34. The van der Waals surface area contributed by atoms with Gasteiger partial charge in [0.2, 0.25) is 0 Å². The van der Waals surface area contributed by atoms with E-state index in [0.717, 1.165) is 0 Å². The summed E-state index contributed by atoms with van der Waals surface area (Å²) < 4.78 is 16.3. The molecule has 16 heavy (non-hydrogen) atoms. The van der Waals surface area contributed by atoms with E-state index < -0.39 is 16.8 Å². The van der Waals surface area contributed by atoms with E-state index in [-0.39, 0.29) is 12.2 Å². The lowest BCUT2D eigenvalue weighted by Gasteiger charge is -2.04. The van der Waals surface area contributed by atoms with E-state index in [9.17, 15) is 9.00 Å². The molecule has 1 aromatic carbocycles. The molecule has 0 aliphatic rings. The van der Waals surface area contributed by atoms with Crippen molar-refractivity contribution in [2.45, 2.75) is 11.3 Å². The Morgan fingerprint density at radius 2 is 2.12 bits per heavy atom. The van der Waals surface area contributed by atoms with Crippen molar-refractivity contribution in [2.75, 3.05) is 12.9 Å². The van der Waals surface area contributed by atoms with Gasteiger partial charge in [-0.15, -0.1) is 0 Å². The van der Waals surface area contributed by atoms with E-state index in [1.807, 2.05) is 0 Å². The van der Waals surface area contributed by atoms with Crippen molar-refractivity contribution in [2.24, 2.45) is 0 Å². The van der Waals surface area contributed by atoms with Crippen molar-refractivity contribution < 1.29 is 13.7 Å². The molecule has 0 N–H and O–H groups in total. The Morgan fingerprint density at radius 3 is 2.75 bits per heavy atom. The predicted octanol–water partition coefficient (Wildman–Crippen LogP) is 2.66. The lowest BCUT2D eigenvalue weighted by molar-refractivity contribution is -0.140. The second-order valence-corrected chi connectivity index (χ2v) is 5.33. The van der Waals surface area contributed by atoms with Gasteiger partial charge in [-0.25, -0.2) is 0 Å². The Bertz CT molecular complexity index is 421. The van der Waals surface area contributed by atoms with E-state index in [1.165, 1.54) is 13.2 Å². The molecule has 0 aromatic heterocycles. The molecule has 0 saturated carbocycles. The number of benzene rings is 1. The summed E-state index contributed by atoms with van der Waals surface area (Å²) in [6, 6.07) is 4.73. The topological polar surface area (TPSA) is 43.4 Å². The van der Waals surface area contributed by atoms with E-state index in [1.54, 1.807) is 12.1 Å². The average molecular weight is 281 g/mol. The first-order chi connectivity index (χ1) is 7.54. The Morgan fingerprint density at radius 1 is 1.44 bits per heavy atom. The summed E-state index contributed by atoms with van der Waals surface area (Å²) in [5.41, 5.74) is 0. The van der Waals surface area contributed by atoms with Crippen LogP contribution in [0.1, 0.15) is 6.42 Å². The van der Waals surface area contributed by atoms with Crippen LogP contribution >= 0.6 is 23.2 Å². The fraction of sp³-hybridized carbons (Fsp3) is 0.300. The van der Waals surface area contributed by atoms with Gasteiger partial charge in [-0.05, 0) is 18.2 Å². The van der Waals surface area contributed by atoms with Crippen LogP contribution in [-0.2, 0) is 20.3 Å². The minimum Gasteiger partial charge on any atom is -0.469 e. The molecule has 0 aliphatic carbocycles. The number of halogens is 2. The zero-order valence-corrected chi connectivity index (χ0v) is 10.9. The molecule has 0 spiro atoms. The first-order valence-electron chi connectivity index (χ1n) is 4.45. The smallest absolute Gasteiger partial charge is 0.306 e. The molecule has 1 unspecified atom stereocenters. The first-order valence-corrected chi connectivity index (χ1v) is 6.52. The van der Waals surface area contributed by atoms with Crippen molar-refractivity contribution >= 4 is 40.0 Å². The van der Waals surface area contributed by atoms with Crippen LogP contribution in [0.3, 0.4) is 0 Å². The maximum absolute atomic E-state index is 11.8. The van der Waals surface area contributed by atoms with Gasteiger partial charge in [0, 0.05) is 10.8 Å². The standard InChI is InChI=1S/C10H10Cl2O3S/c1-15-10(13)4-5-16(14)9-6-7(11)2-3-8(9)12/h2-3,6H,4-5H2,1H3. The highest BCUT2D eigenvalue weighted by molar-refractivity contribution is 7.85. The van der Waals surface area contributed by atoms with Crippen LogP contribution in [0.25, 0.3) is 0 Å². The molecule has 6 heteroatoms. The number of carbonyl (C=O) groups is 1. The Labute approximate surface area is 106 Å². The van der Waals surface area contributed by atoms with Crippen molar-refractivity contribution in [3.63, 3.8) is 0 Å². The molecule has 1 aromatic rings. The second-order valence-electron chi connectivity index (χ2n) is 2.95. The maximum atomic E-state index is 11.8. The predicted molar refractivity (Wildman–Crippen MR) is 64.4 cm³/mol. The summed E-state index contributed by atoms with van der Waals surface area (Å²) in [4.78, 5) is 11.3. The van der Waals surface area contributed by atoms with Crippen LogP contribution < -0.4 is 0 Å². The van der Waals surface area contributed by atoms with Gasteiger partial charge in [0.05, 0.1) is 34.2 Å². The van der Waals surface area contributed by atoms with Gasteiger partial charge in [0.1, 0.15) is 0 Å². The highest BCUT2D eigenvalue weighted by Crippen LogP contribution is 2.24. The van der Waals surface area contributed by atoms with Crippen LogP contribution in [0.2, 0.25) is 10.0 Å². The molecule has 0 heterocycles. The van der Waals surface area contributed by atoms with Gasteiger partial charge < -0.3 is 4.74 Å². The highest BCUT2D eigenvalue weighted by atomic mass is 35.5. The molecule has 0 fully saturated rings.